The Morgan fingerprint density at radius 1 is 0.917 bits per heavy atom. The van der Waals surface area contributed by atoms with E-state index in [1.807, 2.05) is 0 Å². The standard InChI is InChI=1S/C8H10F4/c9-6-2-1-4-8(11,12)5-3-7-10/h1-3,5H,4,6-7H2/b2-1+,5-3+. The van der Waals surface area contributed by atoms with Crippen molar-refractivity contribution in [2.45, 2.75) is 12.3 Å². The highest BCUT2D eigenvalue weighted by atomic mass is 19.3. The van der Waals surface area contributed by atoms with Crippen molar-refractivity contribution in [3.05, 3.63) is 24.3 Å². The molecule has 0 spiro atoms. The summed E-state index contributed by atoms with van der Waals surface area (Å²) >= 11 is 0. The third-order valence-electron chi connectivity index (χ3n) is 1.10. The maximum Gasteiger partial charge on any atom is 0.269 e. The van der Waals surface area contributed by atoms with Gasteiger partial charge in [0.25, 0.3) is 5.92 Å². The van der Waals surface area contributed by atoms with Crippen LogP contribution in [0.3, 0.4) is 0 Å². The zero-order valence-corrected chi connectivity index (χ0v) is 6.44. The van der Waals surface area contributed by atoms with E-state index in [9.17, 15) is 17.6 Å². The average Bonchev–Trinajstić information content (AvgIpc) is 2.01. The van der Waals surface area contributed by atoms with Gasteiger partial charge >= 0.3 is 0 Å². The van der Waals surface area contributed by atoms with Gasteiger partial charge in [-0.1, -0.05) is 18.2 Å². The van der Waals surface area contributed by atoms with Crippen LogP contribution >= 0.6 is 0 Å². The van der Waals surface area contributed by atoms with Gasteiger partial charge in [-0.3, -0.25) is 0 Å². The summed E-state index contributed by atoms with van der Waals surface area (Å²) in [5, 5.41) is 0. The van der Waals surface area contributed by atoms with E-state index in [0.717, 1.165) is 18.2 Å². The molecule has 0 unspecified atom stereocenters. The summed E-state index contributed by atoms with van der Waals surface area (Å²) in [5.74, 6) is -3.07. The van der Waals surface area contributed by atoms with Crippen LogP contribution in [0.25, 0.3) is 0 Å². The molecule has 4 heteroatoms. The number of allylic oxidation sites excluding steroid dienone is 4. The summed E-state index contributed by atoms with van der Waals surface area (Å²) in [6.45, 7) is -1.68. The van der Waals surface area contributed by atoms with Crippen LogP contribution < -0.4 is 0 Å². The quantitative estimate of drug-likeness (QED) is 0.452. The fourth-order valence-corrected chi connectivity index (χ4v) is 0.588. The molecule has 0 amide bonds. The van der Waals surface area contributed by atoms with E-state index in [2.05, 4.69) is 0 Å². The molecule has 0 bridgehead atoms. The van der Waals surface area contributed by atoms with Gasteiger partial charge in [-0.15, -0.1) is 0 Å². The largest absolute Gasteiger partial charge is 0.269 e. The van der Waals surface area contributed by atoms with Gasteiger partial charge in [-0.25, -0.2) is 17.6 Å². The lowest BCUT2D eigenvalue weighted by molar-refractivity contribution is 0.0583. The zero-order valence-electron chi connectivity index (χ0n) is 6.44. The maximum atomic E-state index is 12.5. The molecular weight excluding hydrogens is 172 g/mol. The topological polar surface area (TPSA) is 0 Å². The predicted molar refractivity (Wildman–Crippen MR) is 39.8 cm³/mol. The van der Waals surface area contributed by atoms with Crippen LogP contribution in [0.1, 0.15) is 6.42 Å². The molecule has 0 saturated heterocycles. The summed E-state index contributed by atoms with van der Waals surface area (Å²) in [4.78, 5) is 0. The van der Waals surface area contributed by atoms with Gasteiger partial charge in [-0.05, 0) is 6.08 Å². The summed E-state index contributed by atoms with van der Waals surface area (Å²) in [7, 11) is 0. The summed E-state index contributed by atoms with van der Waals surface area (Å²) in [6, 6.07) is 0. The van der Waals surface area contributed by atoms with Gasteiger partial charge in [0.2, 0.25) is 0 Å². The second-order valence-electron chi connectivity index (χ2n) is 2.15. The minimum Gasteiger partial charge on any atom is -0.247 e. The summed E-state index contributed by atoms with van der Waals surface area (Å²) in [5.41, 5.74) is 0. The molecule has 0 fully saturated rings. The molecule has 0 nitrogen and oxygen atoms in total. The molecule has 0 rings (SSSR count). The van der Waals surface area contributed by atoms with Crippen LogP contribution in [0.4, 0.5) is 17.6 Å². The van der Waals surface area contributed by atoms with Crippen molar-refractivity contribution in [2.24, 2.45) is 0 Å². The van der Waals surface area contributed by atoms with Crippen molar-refractivity contribution < 1.29 is 17.6 Å². The monoisotopic (exact) mass is 182 g/mol. The van der Waals surface area contributed by atoms with E-state index in [1.165, 1.54) is 0 Å². The summed E-state index contributed by atoms with van der Waals surface area (Å²) < 4.78 is 47.8. The molecule has 0 N–H and O–H groups in total. The Morgan fingerprint density at radius 3 is 2.00 bits per heavy atom. The number of hydrogen-bond donors (Lipinski definition) is 0. The fraction of sp³-hybridized carbons (Fsp3) is 0.500. The van der Waals surface area contributed by atoms with E-state index < -0.39 is 25.7 Å². The highest BCUT2D eigenvalue weighted by Crippen LogP contribution is 2.20. The lowest BCUT2D eigenvalue weighted by Gasteiger charge is -2.07. The minimum absolute atomic E-state index is 0.482. The zero-order chi connectivity index (χ0) is 9.45. The molecule has 0 aliphatic heterocycles. The van der Waals surface area contributed by atoms with Crippen LogP contribution in [0.5, 0.6) is 0 Å². The fourth-order valence-electron chi connectivity index (χ4n) is 0.588. The van der Waals surface area contributed by atoms with Crippen molar-refractivity contribution >= 4 is 0 Å². The second-order valence-corrected chi connectivity index (χ2v) is 2.15. The van der Waals surface area contributed by atoms with E-state index in [4.69, 9.17) is 0 Å². The second kappa shape index (κ2) is 5.80. The van der Waals surface area contributed by atoms with Crippen LogP contribution in [0.2, 0.25) is 0 Å². The van der Waals surface area contributed by atoms with Crippen LogP contribution in [0, 0.1) is 0 Å². The van der Waals surface area contributed by atoms with E-state index in [-0.39, 0.29) is 0 Å². The molecule has 0 heterocycles. The minimum atomic E-state index is -3.07. The first-order chi connectivity index (χ1) is 5.62. The lowest BCUT2D eigenvalue weighted by atomic mass is 10.2. The first kappa shape index (κ1) is 11.2. The molecule has 0 atom stereocenters. The molecule has 0 aromatic carbocycles. The average molecular weight is 182 g/mol. The number of alkyl halides is 4. The van der Waals surface area contributed by atoms with Crippen LogP contribution in [0.15, 0.2) is 24.3 Å². The van der Waals surface area contributed by atoms with Gasteiger partial charge in [0.15, 0.2) is 0 Å². The van der Waals surface area contributed by atoms with Crippen molar-refractivity contribution in [2.75, 3.05) is 13.3 Å². The Kier molecular flexibility index (Phi) is 5.41. The first-order valence-electron chi connectivity index (χ1n) is 3.45. The molecule has 12 heavy (non-hydrogen) atoms. The van der Waals surface area contributed by atoms with Gasteiger partial charge in [-0.2, -0.15) is 0 Å². The third-order valence-corrected chi connectivity index (χ3v) is 1.10. The maximum absolute atomic E-state index is 12.5. The Labute approximate surface area is 68.6 Å². The van der Waals surface area contributed by atoms with Crippen LogP contribution in [-0.4, -0.2) is 19.3 Å². The van der Waals surface area contributed by atoms with Crippen molar-refractivity contribution in [1.82, 2.24) is 0 Å². The SMILES string of the molecule is FC/C=C/CC(F)(F)/C=C/CF. The summed E-state index contributed by atoms with van der Waals surface area (Å²) in [6.07, 6.45) is 2.66. The van der Waals surface area contributed by atoms with E-state index in [0.29, 0.717) is 6.08 Å². The first-order valence-corrected chi connectivity index (χ1v) is 3.45. The molecule has 0 aromatic rings. The molecule has 0 radical (unpaired) electrons. The van der Waals surface area contributed by atoms with Crippen molar-refractivity contribution in [1.29, 1.82) is 0 Å². The highest BCUT2D eigenvalue weighted by molar-refractivity contribution is 4.99. The third kappa shape index (κ3) is 5.95. The molecule has 0 aliphatic rings. The van der Waals surface area contributed by atoms with Gasteiger partial charge in [0, 0.05) is 6.42 Å². The Balaban J connectivity index is 3.86. The van der Waals surface area contributed by atoms with Crippen molar-refractivity contribution in [3.63, 3.8) is 0 Å². The highest BCUT2D eigenvalue weighted by Gasteiger charge is 2.22. The normalized spacial score (nSPS) is 13.3. The number of hydrogen-bond acceptors (Lipinski definition) is 0. The van der Waals surface area contributed by atoms with Gasteiger partial charge in [0.05, 0.1) is 0 Å². The number of halogens is 4. The van der Waals surface area contributed by atoms with E-state index in [1.54, 1.807) is 0 Å². The van der Waals surface area contributed by atoms with Gasteiger partial charge < -0.3 is 0 Å². The smallest absolute Gasteiger partial charge is 0.247 e. The van der Waals surface area contributed by atoms with Crippen molar-refractivity contribution in [3.8, 4) is 0 Å². The molecular formula is C8H10F4. The molecule has 0 aromatic heterocycles. The molecule has 70 valence electrons. The Bertz CT molecular complexity index is 160. The Hall–Kier alpha value is -0.800. The number of rotatable bonds is 5. The molecule has 0 aliphatic carbocycles. The Morgan fingerprint density at radius 2 is 1.50 bits per heavy atom. The van der Waals surface area contributed by atoms with Gasteiger partial charge in [0.1, 0.15) is 13.3 Å². The van der Waals surface area contributed by atoms with Crippen LogP contribution in [-0.2, 0) is 0 Å². The van der Waals surface area contributed by atoms with E-state index >= 15 is 0 Å². The predicted octanol–water partition coefficient (Wildman–Crippen LogP) is 3.06. The molecule has 0 saturated carbocycles. The lowest BCUT2D eigenvalue weighted by Crippen LogP contribution is -2.10.